The average Bonchev–Trinajstić information content (AvgIpc) is 2.54. The van der Waals surface area contributed by atoms with Crippen LogP contribution in [0.25, 0.3) is 0 Å². The van der Waals surface area contributed by atoms with Crippen molar-refractivity contribution in [2.75, 3.05) is 18.6 Å². The van der Waals surface area contributed by atoms with Crippen molar-refractivity contribution in [1.29, 1.82) is 0 Å². The minimum Gasteiger partial charge on any atom is -0.314 e. The van der Waals surface area contributed by atoms with Crippen LogP contribution in [0, 0.1) is 6.92 Å². The van der Waals surface area contributed by atoms with Crippen LogP contribution < -0.4 is 5.32 Å². The number of hydrogen-bond acceptors (Lipinski definition) is 3. The van der Waals surface area contributed by atoms with Gasteiger partial charge in [0.05, 0.1) is 5.69 Å². The summed E-state index contributed by atoms with van der Waals surface area (Å²) in [7, 11) is 2.03. The standard InChI is InChI=1S/C12H23N3S/c1-5-13-11(6-7-16-4)9-12-8-10(2)14-15(12)3/h8,11,13H,5-7,9H2,1-4H3. The van der Waals surface area contributed by atoms with Crippen LogP contribution in [0.5, 0.6) is 0 Å². The Hall–Kier alpha value is -0.480. The highest BCUT2D eigenvalue weighted by Gasteiger charge is 2.11. The van der Waals surface area contributed by atoms with Crippen molar-refractivity contribution in [3.05, 3.63) is 17.5 Å². The first-order valence-corrected chi connectivity index (χ1v) is 7.28. The molecule has 1 heterocycles. The fourth-order valence-electron chi connectivity index (χ4n) is 1.93. The molecular weight excluding hydrogens is 218 g/mol. The van der Waals surface area contributed by atoms with E-state index in [-0.39, 0.29) is 0 Å². The lowest BCUT2D eigenvalue weighted by atomic mass is 10.1. The molecule has 0 saturated heterocycles. The fraction of sp³-hybridized carbons (Fsp3) is 0.750. The summed E-state index contributed by atoms with van der Waals surface area (Å²) in [6.45, 7) is 5.25. The maximum atomic E-state index is 4.39. The predicted molar refractivity (Wildman–Crippen MR) is 72.1 cm³/mol. The van der Waals surface area contributed by atoms with Gasteiger partial charge in [-0.05, 0) is 38.0 Å². The molecule has 0 bridgehead atoms. The zero-order chi connectivity index (χ0) is 12.0. The van der Waals surface area contributed by atoms with Crippen molar-refractivity contribution in [2.45, 2.75) is 32.7 Å². The number of thioether (sulfide) groups is 1. The molecule has 1 atom stereocenters. The summed E-state index contributed by atoms with van der Waals surface area (Å²) < 4.78 is 2.00. The number of likely N-dealkylation sites (N-methyl/N-ethyl adjacent to an activating group) is 1. The summed E-state index contributed by atoms with van der Waals surface area (Å²) in [5.41, 5.74) is 2.43. The van der Waals surface area contributed by atoms with Crippen LogP contribution in [-0.4, -0.2) is 34.4 Å². The molecule has 0 aliphatic heterocycles. The van der Waals surface area contributed by atoms with Crippen LogP contribution in [0.1, 0.15) is 24.7 Å². The smallest absolute Gasteiger partial charge is 0.0596 e. The van der Waals surface area contributed by atoms with Gasteiger partial charge in [0, 0.05) is 25.2 Å². The minimum atomic E-state index is 0.576. The first-order valence-electron chi connectivity index (χ1n) is 5.89. The van der Waals surface area contributed by atoms with Gasteiger partial charge in [-0.1, -0.05) is 6.92 Å². The molecule has 1 unspecified atom stereocenters. The summed E-state index contributed by atoms with van der Waals surface area (Å²) in [6, 6.07) is 2.76. The highest BCUT2D eigenvalue weighted by molar-refractivity contribution is 7.98. The number of nitrogens with one attached hydrogen (secondary N) is 1. The second kappa shape index (κ2) is 6.97. The van der Waals surface area contributed by atoms with E-state index in [1.807, 2.05) is 30.4 Å². The van der Waals surface area contributed by atoms with Crippen molar-refractivity contribution in [2.24, 2.45) is 7.05 Å². The SMILES string of the molecule is CCNC(CCSC)Cc1cc(C)nn1C. The van der Waals surface area contributed by atoms with E-state index in [2.05, 4.69) is 29.7 Å². The van der Waals surface area contributed by atoms with Crippen LogP contribution in [0.4, 0.5) is 0 Å². The van der Waals surface area contributed by atoms with E-state index < -0.39 is 0 Å². The molecule has 0 fully saturated rings. The Morgan fingerprint density at radius 1 is 1.56 bits per heavy atom. The maximum absolute atomic E-state index is 4.39. The zero-order valence-electron chi connectivity index (χ0n) is 10.8. The monoisotopic (exact) mass is 241 g/mol. The summed E-state index contributed by atoms with van der Waals surface area (Å²) in [6.07, 6.45) is 4.46. The van der Waals surface area contributed by atoms with Gasteiger partial charge in [0.2, 0.25) is 0 Å². The summed E-state index contributed by atoms with van der Waals surface area (Å²) in [5.74, 6) is 1.22. The van der Waals surface area contributed by atoms with Crippen molar-refractivity contribution in [1.82, 2.24) is 15.1 Å². The molecular formula is C12H23N3S. The van der Waals surface area contributed by atoms with Crippen LogP contribution in [-0.2, 0) is 13.5 Å². The van der Waals surface area contributed by atoms with E-state index >= 15 is 0 Å². The van der Waals surface area contributed by atoms with E-state index in [9.17, 15) is 0 Å². The van der Waals surface area contributed by atoms with Crippen LogP contribution in [0.15, 0.2) is 6.07 Å². The van der Waals surface area contributed by atoms with Crippen LogP contribution in [0.2, 0.25) is 0 Å². The van der Waals surface area contributed by atoms with Gasteiger partial charge in [-0.2, -0.15) is 16.9 Å². The lowest BCUT2D eigenvalue weighted by Crippen LogP contribution is -2.32. The Morgan fingerprint density at radius 2 is 2.31 bits per heavy atom. The first-order chi connectivity index (χ1) is 7.67. The zero-order valence-corrected chi connectivity index (χ0v) is 11.6. The summed E-state index contributed by atoms with van der Waals surface area (Å²) >= 11 is 1.91. The molecule has 0 spiro atoms. The third-order valence-electron chi connectivity index (χ3n) is 2.72. The average molecular weight is 241 g/mol. The van der Waals surface area contributed by atoms with Crippen molar-refractivity contribution < 1.29 is 0 Å². The summed E-state index contributed by atoms with van der Waals surface area (Å²) in [5, 5.41) is 7.94. The highest BCUT2D eigenvalue weighted by Crippen LogP contribution is 2.09. The largest absolute Gasteiger partial charge is 0.314 e. The van der Waals surface area contributed by atoms with Crippen LogP contribution >= 0.6 is 11.8 Å². The Bertz CT molecular complexity index is 309. The molecule has 0 aromatic carbocycles. The molecule has 92 valence electrons. The van der Waals surface area contributed by atoms with E-state index in [0.29, 0.717) is 6.04 Å². The fourth-order valence-corrected chi connectivity index (χ4v) is 2.45. The Morgan fingerprint density at radius 3 is 2.81 bits per heavy atom. The maximum Gasteiger partial charge on any atom is 0.0596 e. The molecule has 0 aliphatic carbocycles. The van der Waals surface area contributed by atoms with Gasteiger partial charge in [-0.15, -0.1) is 0 Å². The number of aromatic nitrogens is 2. The Balaban J connectivity index is 2.56. The van der Waals surface area contributed by atoms with Crippen molar-refractivity contribution in [3.63, 3.8) is 0 Å². The first kappa shape index (κ1) is 13.6. The molecule has 0 radical (unpaired) electrons. The predicted octanol–water partition coefficient (Wildman–Crippen LogP) is 2.00. The minimum absolute atomic E-state index is 0.576. The second-order valence-electron chi connectivity index (χ2n) is 4.14. The third kappa shape index (κ3) is 4.18. The van der Waals surface area contributed by atoms with Gasteiger partial charge < -0.3 is 5.32 Å². The molecule has 1 aromatic rings. The number of rotatable bonds is 7. The number of hydrogen-bond donors (Lipinski definition) is 1. The topological polar surface area (TPSA) is 29.9 Å². The Kier molecular flexibility index (Phi) is 5.91. The third-order valence-corrected chi connectivity index (χ3v) is 3.36. The molecule has 1 rings (SSSR count). The van der Waals surface area contributed by atoms with Gasteiger partial charge in [0.25, 0.3) is 0 Å². The molecule has 4 heteroatoms. The molecule has 3 nitrogen and oxygen atoms in total. The van der Waals surface area contributed by atoms with E-state index in [1.54, 1.807) is 0 Å². The van der Waals surface area contributed by atoms with Gasteiger partial charge in [0.15, 0.2) is 0 Å². The molecule has 1 N–H and O–H groups in total. The normalized spacial score (nSPS) is 13.0. The molecule has 1 aromatic heterocycles. The van der Waals surface area contributed by atoms with Gasteiger partial charge in [0.1, 0.15) is 0 Å². The molecule has 16 heavy (non-hydrogen) atoms. The lowest BCUT2D eigenvalue weighted by molar-refractivity contribution is 0.497. The van der Waals surface area contributed by atoms with E-state index in [4.69, 9.17) is 0 Å². The van der Waals surface area contributed by atoms with Gasteiger partial charge in [-0.25, -0.2) is 0 Å². The lowest BCUT2D eigenvalue weighted by Gasteiger charge is -2.17. The molecule has 0 aliphatic rings. The summed E-state index contributed by atoms with van der Waals surface area (Å²) in [4.78, 5) is 0. The van der Waals surface area contributed by atoms with Crippen LogP contribution in [0.3, 0.4) is 0 Å². The van der Waals surface area contributed by atoms with E-state index in [1.165, 1.54) is 17.9 Å². The number of nitrogens with zero attached hydrogens (tertiary/aromatic N) is 2. The highest BCUT2D eigenvalue weighted by atomic mass is 32.2. The Labute approximate surface area is 103 Å². The molecule has 0 saturated carbocycles. The van der Waals surface area contributed by atoms with Gasteiger partial charge in [-0.3, -0.25) is 4.68 Å². The number of aryl methyl sites for hydroxylation is 2. The quantitative estimate of drug-likeness (QED) is 0.792. The van der Waals surface area contributed by atoms with Crippen molar-refractivity contribution >= 4 is 11.8 Å². The molecule has 0 amide bonds. The van der Waals surface area contributed by atoms with Gasteiger partial charge >= 0.3 is 0 Å². The van der Waals surface area contributed by atoms with E-state index in [0.717, 1.165) is 18.7 Å². The van der Waals surface area contributed by atoms with Crippen molar-refractivity contribution in [3.8, 4) is 0 Å². The second-order valence-corrected chi connectivity index (χ2v) is 5.13.